The van der Waals surface area contributed by atoms with Crippen LogP contribution in [0.15, 0.2) is 18.2 Å². The summed E-state index contributed by atoms with van der Waals surface area (Å²) in [6.45, 7) is 4.54. The highest BCUT2D eigenvalue weighted by atomic mass is 19.1. The molecule has 2 rings (SSSR count). The number of benzene rings is 1. The van der Waals surface area contributed by atoms with Crippen molar-refractivity contribution in [2.45, 2.75) is 6.42 Å². The van der Waals surface area contributed by atoms with Crippen LogP contribution in [0, 0.1) is 5.82 Å². The molecule has 1 fully saturated rings. The van der Waals surface area contributed by atoms with Gasteiger partial charge in [-0.1, -0.05) is 0 Å². The number of hydrogen-bond donors (Lipinski definition) is 1. The van der Waals surface area contributed by atoms with Gasteiger partial charge in [-0.15, -0.1) is 0 Å². The first-order chi connectivity index (χ1) is 9.31. The third-order valence-corrected chi connectivity index (χ3v) is 3.16. The summed E-state index contributed by atoms with van der Waals surface area (Å²) in [6, 6.07) is 5.05. The molecule has 0 unspecified atom stereocenters. The van der Waals surface area contributed by atoms with E-state index in [-0.39, 0.29) is 5.82 Å². The third kappa shape index (κ3) is 4.08. The molecular weight excluding hydrogens is 247 g/mol. The van der Waals surface area contributed by atoms with Crippen LogP contribution in [0.5, 0.6) is 5.75 Å². The lowest BCUT2D eigenvalue weighted by Gasteiger charge is -2.23. The summed E-state index contributed by atoms with van der Waals surface area (Å²) in [5.74, 6) is 0.322. The third-order valence-electron chi connectivity index (χ3n) is 3.16. The number of nitrogens with zero attached hydrogens (tertiary/aromatic N) is 1. The number of hydrogen-bond acceptors (Lipinski definition) is 4. The molecule has 19 heavy (non-hydrogen) atoms. The molecule has 0 aliphatic carbocycles. The van der Waals surface area contributed by atoms with Gasteiger partial charge in [0.05, 0.1) is 12.3 Å². The molecule has 1 heterocycles. The number of anilines is 1. The van der Waals surface area contributed by atoms with Crippen molar-refractivity contribution >= 4 is 5.69 Å². The molecule has 1 aromatic carbocycles. The van der Waals surface area contributed by atoms with Gasteiger partial charge >= 0.3 is 0 Å². The Morgan fingerprint density at radius 1 is 1.26 bits per heavy atom. The Hall–Kier alpha value is -1.33. The number of nitrogens with one attached hydrogen (secondary N) is 1. The SMILES string of the molecule is COCCOc1ccc(N2CCCNCC2)c(F)c1. The quantitative estimate of drug-likeness (QED) is 0.823. The van der Waals surface area contributed by atoms with Gasteiger partial charge in [0.1, 0.15) is 18.2 Å². The smallest absolute Gasteiger partial charge is 0.150 e. The molecule has 1 N–H and O–H groups in total. The maximum absolute atomic E-state index is 14.1. The van der Waals surface area contributed by atoms with Crippen LogP contribution in [0.2, 0.25) is 0 Å². The van der Waals surface area contributed by atoms with Crippen LogP contribution in [-0.4, -0.2) is 46.5 Å². The molecule has 1 aromatic rings. The van der Waals surface area contributed by atoms with Crippen LogP contribution in [0.1, 0.15) is 6.42 Å². The fraction of sp³-hybridized carbons (Fsp3) is 0.571. The molecule has 0 amide bonds. The van der Waals surface area contributed by atoms with E-state index in [1.807, 2.05) is 6.07 Å². The summed E-state index contributed by atoms with van der Waals surface area (Å²) in [5.41, 5.74) is 0.655. The second-order valence-electron chi connectivity index (χ2n) is 4.55. The molecule has 0 spiro atoms. The minimum Gasteiger partial charge on any atom is -0.491 e. The first-order valence-electron chi connectivity index (χ1n) is 6.68. The van der Waals surface area contributed by atoms with Crippen molar-refractivity contribution in [3.05, 3.63) is 24.0 Å². The Morgan fingerprint density at radius 2 is 2.16 bits per heavy atom. The Kier molecular flexibility index (Phi) is 5.42. The zero-order valence-electron chi connectivity index (χ0n) is 11.3. The van der Waals surface area contributed by atoms with Crippen LogP contribution in [0.3, 0.4) is 0 Å². The monoisotopic (exact) mass is 268 g/mol. The normalized spacial score (nSPS) is 16.2. The summed E-state index contributed by atoms with van der Waals surface area (Å²) in [5, 5.41) is 3.31. The lowest BCUT2D eigenvalue weighted by atomic mass is 10.2. The maximum atomic E-state index is 14.1. The van der Waals surface area contributed by atoms with E-state index in [0.717, 1.165) is 32.6 Å². The lowest BCUT2D eigenvalue weighted by molar-refractivity contribution is 0.146. The van der Waals surface area contributed by atoms with E-state index in [9.17, 15) is 4.39 Å². The van der Waals surface area contributed by atoms with E-state index < -0.39 is 0 Å². The molecular formula is C14H21FN2O2. The molecule has 5 heteroatoms. The molecule has 1 aliphatic rings. The van der Waals surface area contributed by atoms with Crippen molar-refractivity contribution in [2.75, 3.05) is 51.4 Å². The van der Waals surface area contributed by atoms with Gasteiger partial charge in [0.15, 0.2) is 0 Å². The van der Waals surface area contributed by atoms with Gasteiger partial charge in [-0.2, -0.15) is 0 Å². The average Bonchev–Trinajstić information content (AvgIpc) is 2.68. The van der Waals surface area contributed by atoms with Gasteiger partial charge in [-0.05, 0) is 25.1 Å². The zero-order chi connectivity index (χ0) is 13.5. The molecule has 106 valence electrons. The van der Waals surface area contributed by atoms with E-state index in [1.54, 1.807) is 13.2 Å². The Labute approximate surface area is 113 Å². The van der Waals surface area contributed by atoms with Gasteiger partial charge in [0.2, 0.25) is 0 Å². The molecule has 0 saturated carbocycles. The van der Waals surface area contributed by atoms with Gasteiger partial charge in [0.25, 0.3) is 0 Å². The Balaban J connectivity index is 2.01. The largest absolute Gasteiger partial charge is 0.491 e. The van der Waals surface area contributed by atoms with Crippen molar-refractivity contribution in [3.63, 3.8) is 0 Å². The highest BCUT2D eigenvalue weighted by Gasteiger charge is 2.14. The second-order valence-corrected chi connectivity index (χ2v) is 4.55. The number of rotatable bonds is 5. The number of halogens is 1. The minimum absolute atomic E-state index is 0.225. The highest BCUT2D eigenvalue weighted by molar-refractivity contribution is 5.50. The summed E-state index contributed by atoms with van der Waals surface area (Å²) < 4.78 is 24.4. The number of ether oxygens (including phenoxy) is 2. The van der Waals surface area contributed by atoms with Crippen molar-refractivity contribution in [1.29, 1.82) is 0 Å². The van der Waals surface area contributed by atoms with Crippen molar-refractivity contribution in [2.24, 2.45) is 0 Å². The minimum atomic E-state index is -0.225. The summed E-state index contributed by atoms with van der Waals surface area (Å²) in [6.07, 6.45) is 1.03. The van der Waals surface area contributed by atoms with Crippen LogP contribution in [-0.2, 0) is 4.74 Å². The first-order valence-corrected chi connectivity index (χ1v) is 6.68. The molecule has 0 atom stereocenters. The predicted molar refractivity (Wildman–Crippen MR) is 73.5 cm³/mol. The molecule has 1 saturated heterocycles. The molecule has 4 nitrogen and oxygen atoms in total. The van der Waals surface area contributed by atoms with Crippen LogP contribution < -0.4 is 15.0 Å². The van der Waals surface area contributed by atoms with Crippen molar-refractivity contribution in [1.82, 2.24) is 5.32 Å². The zero-order valence-corrected chi connectivity index (χ0v) is 11.3. The Morgan fingerprint density at radius 3 is 2.95 bits per heavy atom. The molecule has 0 aromatic heterocycles. The van der Waals surface area contributed by atoms with Crippen molar-refractivity contribution in [3.8, 4) is 5.75 Å². The van der Waals surface area contributed by atoms with E-state index in [1.165, 1.54) is 6.07 Å². The standard InChI is InChI=1S/C14H21FN2O2/c1-18-9-10-19-12-3-4-14(13(15)11-12)17-7-2-5-16-6-8-17/h3-4,11,16H,2,5-10H2,1H3. The highest BCUT2D eigenvalue weighted by Crippen LogP contribution is 2.24. The Bertz CT molecular complexity index is 393. The molecule has 0 radical (unpaired) electrons. The average molecular weight is 268 g/mol. The summed E-state index contributed by atoms with van der Waals surface area (Å²) in [4.78, 5) is 2.08. The predicted octanol–water partition coefficient (Wildman–Crippen LogP) is 1.65. The summed E-state index contributed by atoms with van der Waals surface area (Å²) in [7, 11) is 1.61. The fourth-order valence-corrected chi connectivity index (χ4v) is 2.16. The summed E-state index contributed by atoms with van der Waals surface area (Å²) >= 11 is 0. The van der Waals surface area contributed by atoms with Gasteiger partial charge in [0, 0.05) is 32.8 Å². The van der Waals surface area contributed by atoms with Gasteiger partial charge < -0.3 is 19.7 Å². The van der Waals surface area contributed by atoms with E-state index in [4.69, 9.17) is 9.47 Å². The van der Waals surface area contributed by atoms with E-state index in [0.29, 0.717) is 24.7 Å². The number of methoxy groups -OCH3 is 1. The van der Waals surface area contributed by atoms with Crippen molar-refractivity contribution < 1.29 is 13.9 Å². The fourth-order valence-electron chi connectivity index (χ4n) is 2.16. The van der Waals surface area contributed by atoms with Crippen LogP contribution in [0.25, 0.3) is 0 Å². The maximum Gasteiger partial charge on any atom is 0.150 e. The molecule has 0 bridgehead atoms. The van der Waals surface area contributed by atoms with Crippen LogP contribution in [0.4, 0.5) is 10.1 Å². The van der Waals surface area contributed by atoms with Gasteiger partial charge in [-0.25, -0.2) is 4.39 Å². The topological polar surface area (TPSA) is 33.7 Å². The van der Waals surface area contributed by atoms with E-state index >= 15 is 0 Å². The lowest BCUT2D eigenvalue weighted by Crippen LogP contribution is -2.28. The second kappa shape index (κ2) is 7.31. The van der Waals surface area contributed by atoms with Gasteiger partial charge in [-0.3, -0.25) is 0 Å². The first kappa shape index (κ1) is 14.1. The molecule has 1 aliphatic heterocycles. The van der Waals surface area contributed by atoms with E-state index in [2.05, 4.69) is 10.2 Å². The van der Waals surface area contributed by atoms with Crippen LogP contribution >= 0.6 is 0 Å².